The smallest absolute Gasteiger partial charge is 0.0949 e. The molecule has 1 rings (SSSR count). The van der Waals surface area contributed by atoms with E-state index in [-0.39, 0.29) is 0 Å². The van der Waals surface area contributed by atoms with E-state index in [1.165, 1.54) is 6.08 Å². The Morgan fingerprint density at radius 1 is 1.67 bits per heavy atom. The van der Waals surface area contributed by atoms with Crippen LogP contribution in [-0.2, 0) is 0 Å². The highest BCUT2D eigenvalue weighted by Gasteiger charge is 1.90. The summed E-state index contributed by atoms with van der Waals surface area (Å²) in [5, 5.41) is 0. The molecule has 0 nitrogen and oxygen atoms in total. The molecule has 0 fully saturated rings. The lowest BCUT2D eigenvalue weighted by Gasteiger charge is -1.86. The molecule has 0 saturated heterocycles. The molecule has 0 aromatic heterocycles. The molecule has 1 aliphatic rings. The SMILES string of the molecule is [C+]/C=C\C1=C=CCC=C1. The van der Waals surface area contributed by atoms with Crippen LogP contribution in [0.25, 0.3) is 0 Å². The molecule has 0 atom stereocenters. The summed E-state index contributed by atoms with van der Waals surface area (Å²) < 4.78 is 0. The van der Waals surface area contributed by atoms with Gasteiger partial charge in [-0.25, -0.2) is 0 Å². The molecule has 1 aliphatic carbocycles. The molecule has 0 heteroatoms. The zero-order valence-electron chi connectivity index (χ0n) is 5.09. The molecular weight excluding hydrogens is 108 g/mol. The highest BCUT2D eigenvalue weighted by atomic mass is 13.9. The molecule has 0 aliphatic heterocycles. The van der Waals surface area contributed by atoms with Crippen LogP contribution < -0.4 is 0 Å². The number of allylic oxidation sites excluding steroid dienone is 5. The van der Waals surface area contributed by atoms with Crippen molar-refractivity contribution in [1.82, 2.24) is 0 Å². The van der Waals surface area contributed by atoms with E-state index >= 15 is 0 Å². The van der Waals surface area contributed by atoms with Gasteiger partial charge in [0.15, 0.2) is 6.08 Å². The number of hydrogen-bond donors (Lipinski definition) is 0. The van der Waals surface area contributed by atoms with E-state index in [0.29, 0.717) is 0 Å². The van der Waals surface area contributed by atoms with Crippen LogP contribution in [0.5, 0.6) is 0 Å². The van der Waals surface area contributed by atoms with Crippen molar-refractivity contribution in [3.05, 3.63) is 48.6 Å². The van der Waals surface area contributed by atoms with Crippen LogP contribution in [0.1, 0.15) is 6.42 Å². The summed E-state index contributed by atoms with van der Waals surface area (Å²) in [5.41, 5.74) is 4.00. The molecule has 0 unspecified atom stereocenters. The van der Waals surface area contributed by atoms with Gasteiger partial charge in [0, 0.05) is 0 Å². The van der Waals surface area contributed by atoms with E-state index in [2.05, 4.69) is 5.73 Å². The summed E-state index contributed by atoms with van der Waals surface area (Å²) in [4.78, 5) is 0. The third kappa shape index (κ3) is 1.67. The Morgan fingerprint density at radius 2 is 2.56 bits per heavy atom. The Labute approximate surface area is 55.9 Å². The summed E-state index contributed by atoms with van der Waals surface area (Å²) in [6.45, 7) is 6.75. The fraction of sp³-hybridized carbons (Fsp3) is 0.111. The van der Waals surface area contributed by atoms with E-state index < -0.39 is 0 Å². The predicted octanol–water partition coefficient (Wildman–Crippen LogP) is 2.17. The highest BCUT2D eigenvalue weighted by Crippen LogP contribution is 2.03. The molecular formula is C9H7+. The van der Waals surface area contributed by atoms with Gasteiger partial charge < -0.3 is 0 Å². The minimum absolute atomic E-state index is 0.968. The lowest BCUT2D eigenvalue weighted by Crippen LogP contribution is -1.71. The molecule has 0 N–H and O–H groups in total. The standard InChI is InChI=1S/C9H7/c1-2-6-9-7-4-3-5-8-9/h2,4-7H,3H2/q+1/b6-2-. The van der Waals surface area contributed by atoms with Gasteiger partial charge >= 0.3 is 6.92 Å². The first kappa shape index (κ1) is 6.00. The quantitative estimate of drug-likeness (QED) is 0.363. The van der Waals surface area contributed by atoms with Crippen LogP contribution in [0.15, 0.2) is 41.7 Å². The molecule has 2 radical (unpaired) electrons. The van der Waals surface area contributed by atoms with Gasteiger partial charge in [0.2, 0.25) is 0 Å². The number of hydrogen-bond acceptors (Lipinski definition) is 0. The summed E-state index contributed by atoms with van der Waals surface area (Å²) >= 11 is 0. The van der Waals surface area contributed by atoms with Crippen LogP contribution in [0.2, 0.25) is 0 Å². The van der Waals surface area contributed by atoms with Crippen LogP contribution in [0, 0.1) is 6.92 Å². The third-order valence-corrected chi connectivity index (χ3v) is 1.08. The molecule has 0 aromatic carbocycles. The topological polar surface area (TPSA) is 0 Å². The normalized spacial score (nSPS) is 16.7. The summed E-state index contributed by atoms with van der Waals surface area (Å²) in [6.07, 6.45) is 9.92. The Morgan fingerprint density at radius 3 is 3.11 bits per heavy atom. The van der Waals surface area contributed by atoms with Crippen LogP contribution in [-0.4, -0.2) is 0 Å². The van der Waals surface area contributed by atoms with Gasteiger partial charge in [-0.2, -0.15) is 0 Å². The molecule has 0 bridgehead atoms. The Bertz CT molecular complexity index is 198. The lowest BCUT2D eigenvalue weighted by molar-refractivity contribution is 1.36. The van der Waals surface area contributed by atoms with Crippen molar-refractivity contribution >= 4 is 0 Å². The fourth-order valence-corrected chi connectivity index (χ4v) is 0.681. The van der Waals surface area contributed by atoms with Crippen molar-refractivity contribution in [2.24, 2.45) is 0 Å². The van der Waals surface area contributed by atoms with E-state index in [9.17, 15) is 0 Å². The monoisotopic (exact) mass is 115 g/mol. The summed E-state index contributed by atoms with van der Waals surface area (Å²) in [5.74, 6) is 0. The van der Waals surface area contributed by atoms with Crippen molar-refractivity contribution < 1.29 is 0 Å². The van der Waals surface area contributed by atoms with Crippen molar-refractivity contribution in [3.63, 3.8) is 0 Å². The highest BCUT2D eigenvalue weighted by molar-refractivity contribution is 5.32. The van der Waals surface area contributed by atoms with Gasteiger partial charge in [-0.3, -0.25) is 0 Å². The Kier molecular flexibility index (Phi) is 2.00. The van der Waals surface area contributed by atoms with E-state index in [4.69, 9.17) is 6.92 Å². The predicted molar refractivity (Wildman–Crippen MR) is 37.7 cm³/mol. The van der Waals surface area contributed by atoms with Crippen molar-refractivity contribution in [2.75, 3.05) is 0 Å². The van der Waals surface area contributed by atoms with Crippen LogP contribution >= 0.6 is 0 Å². The second-order valence-electron chi connectivity index (χ2n) is 1.78. The first-order valence-corrected chi connectivity index (χ1v) is 2.89. The van der Waals surface area contributed by atoms with Gasteiger partial charge in [0.1, 0.15) is 0 Å². The maximum absolute atomic E-state index is 6.75. The van der Waals surface area contributed by atoms with Gasteiger partial charge in [-0.05, 0) is 18.6 Å². The molecule has 0 amide bonds. The molecule has 0 saturated carbocycles. The van der Waals surface area contributed by atoms with Gasteiger partial charge in [0.05, 0.1) is 11.6 Å². The van der Waals surface area contributed by atoms with Crippen molar-refractivity contribution in [2.45, 2.75) is 6.42 Å². The average molecular weight is 115 g/mol. The zero-order chi connectivity index (χ0) is 6.53. The van der Waals surface area contributed by atoms with Crippen molar-refractivity contribution in [1.29, 1.82) is 0 Å². The fourth-order valence-electron chi connectivity index (χ4n) is 0.681. The minimum Gasteiger partial charge on any atom is -0.0949 e. The summed E-state index contributed by atoms with van der Waals surface area (Å²) in [6, 6.07) is 0. The zero-order valence-corrected chi connectivity index (χ0v) is 5.09. The molecule has 42 valence electrons. The molecule has 0 spiro atoms. The van der Waals surface area contributed by atoms with E-state index in [1.807, 2.05) is 18.2 Å². The first-order chi connectivity index (χ1) is 4.43. The Balaban J connectivity index is 2.79. The van der Waals surface area contributed by atoms with Crippen LogP contribution in [0.4, 0.5) is 0 Å². The van der Waals surface area contributed by atoms with E-state index in [1.54, 1.807) is 6.08 Å². The molecule has 0 heterocycles. The summed E-state index contributed by atoms with van der Waals surface area (Å²) in [7, 11) is 0. The van der Waals surface area contributed by atoms with Gasteiger partial charge in [-0.1, -0.05) is 11.8 Å². The largest absolute Gasteiger partial charge is 0.329 e. The van der Waals surface area contributed by atoms with Crippen LogP contribution in [0.3, 0.4) is 0 Å². The second-order valence-corrected chi connectivity index (χ2v) is 1.78. The van der Waals surface area contributed by atoms with Gasteiger partial charge in [0.25, 0.3) is 0 Å². The maximum Gasteiger partial charge on any atom is 0.329 e. The average Bonchev–Trinajstić information content (AvgIpc) is 1.91. The molecule has 9 heavy (non-hydrogen) atoms. The van der Waals surface area contributed by atoms with Crippen molar-refractivity contribution in [3.8, 4) is 0 Å². The Hall–Kier alpha value is -1.13. The van der Waals surface area contributed by atoms with E-state index in [0.717, 1.165) is 12.0 Å². The lowest BCUT2D eigenvalue weighted by atomic mass is 10.1. The number of rotatable bonds is 1. The van der Waals surface area contributed by atoms with Gasteiger partial charge in [-0.15, -0.1) is 0 Å². The third-order valence-electron chi connectivity index (χ3n) is 1.08. The molecule has 0 aromatic rings. The second kappa shape index (κ2) is 3.01. The minimum atomic E-state index is 0.968. The first-order valence-electron chi connectivity index (χ1n) is 2.89. The maximum atomic E-state index is 6.75.